The summed E-state index contributed by atoms with van der Waals surface area (Å²) in [5.41, 5.74) is 0.133. The average molecular weight is 240 g/mol. The summed E-state index contributed by atoms with van der Waals surface area (Å²) < 4.78 is 11.7. The molecule has 0 aromatic carbocycles. The van der Waals surface area contributed by atoms with Crippen LogP contribution in [0.3, 0.4) is 0 Å². The van der Waals surface area contributed by atoms with E-state index in [0.29, 0.717) is 12.0 Å². The SMILES string of the molecule is CC1CCC(C(O)C2CCOC3(CCC3)C2)O1. The first-order valence-corrected chi connectivity index (χ1v) is 7.16. The van der Waals surface area contributed by atoms with E-state index in [-0.39, 0.29) is 17.8 Å². The summed E-state index contributed by atoms with van der Waals surface area (Å²) in [6.07, 6.45) is 7.96. The van der Waals surface area contributed by atoms with Gasteiger partial charge in [-0.1, -0.05) is 0 Å². The fraction of sp³-hybridized carbons (Fsp3) is 1.00. The lowest BCUT2D eigenvalue weighted by Crippen LogP contribution is -2.49. The summed E-state index contributed by atoms with van der Waals surface area (Å²) in [6, 6.07) is 0. The summed E-state index contributed by atoms with van der Waals surface area (Å²) >= 11 is 0. The number of hydrogen-bond donors (Lipinski definition) is 1. The highest BCUT2D eigenvalue weighted by Crippen LogP contribution is 2.45. The lowest BCUT2D eigenvalue weighted by molar-refractivity contribution is -0.168. The first kappa shape index (κ1) is 11.9. The Labute approximate surface area is 103 Å². The van der Waals surface area contributed by atoms with Crippen molar-refractivity contribution < 1.29 is 14.6 Å². The third-order valence-corrected chi connectivity index (χ3v) is 4.92. The van der Waals surface area contributed by atoms with Crippen molar-refractivity contribution in [2.24, 2.45) is 5.92 Å². The van der Waals surface area contributed by atoms with Gasteiger partial charge in [0, 0.05) is 6.61 Å². The van der Waals surface area contributed by atoms with Crippen LogP contribution in [0.5, 0.6) is 0 Å². The molecular weight excluding hydrogens is 216 g/mol. The van der Waals surface area contributed by atoms with E-state index in [1.54, 1.807) is 0 Å². The van der Waals surface area contributed by atoms with Crippen molar-refractivity contribution in [2.45, 2.75) is 75.8 Å². The molecular formula is C14H24O3. The summed E-state index contributed by atoms with van der Waals surface area (Å²) in [7, 11) is 0. The lowest BCUT2D eigenvalue weighted by atomic mass is 9.70. The summed E-state index contributed by atoms with van der Waals surface area (Å²) in [5, 5.41) is 10.5. The standard InChI is InChI=1S/C14H24O3/c1-10-3-4-12(17-10)13(15)11-5-8-16-14(9-11)6-2-7-14/h10-13,15H,2-9H2,1H3. The van der Waals surface area contributed by atoms with Crippen LogP contribution < -0.4 is 0 Å². The fourth-order valence-corrected chi connectivity index (χ4v) is 3.66. The van der Waals surface area contributed by atoms with Crippen molar-refractivity contribution in [1.82, 2.24) is 0 Å². The first-order chi connectivity index (χ1) is 8.19. The first-order valence-electron chi connectivity index (χ1n) is 7.16. The molecule has 2 aliphatic heterocycles. The van der Waals surface area contributed by atoms with Crippen LogP contribution in [0.2, 0.25) is 0 Å². The molecule has 98 valence electrons. The molecule has 0 amide bonds. The van der Waals surface area contributed by atoms with Crippen LogP contribution in [-0.2, 0) is 9.47 Å². The Hall–Kier alpha value is -0.120. The van der Waals surface area contributed by atoms with Crippen molar-refractivity contribution in [2.75, 3.05) is 6.61 Å². The third-order valence-electron chi connectivity index (χ3n) is 4.92. The number of aliphatic hydroxyl groups excluding tert-OH is 1. The maximum atomic E-state index is 10.5. The van der Waals surface area contributed by atoms with E-state index in [1.165, 1.54) is 19.3 Å². The monoisotopic (exact) mass is 240 g/mol. The van der Waals surface area contributed by atoms with Crippen LogP contribution in [-0.4, -0.2) is 35.6 Å². The van der Waals surface area contributed by atoms with Gasteiger partial charge in [0.1, 0.15) is 0 Å². The van der Waals surface area contributed by atoms with Crippen LogP contribution in [0, 0.1) is 5.92 Å². The molecule has 0 aromatic heterocycles. The highest BCUT2D eigenvalue weighted by Gasteiger charge is 2.46. The summed E-state index contributed by atoms with van der Waals surface area (Å²) in [4.78, 5) is 0. The molecule has 3 rings (SSSR count). The maximum absolute atomic E-state index is 10.5. The topological polar surface area (TPSA) is 38.7 Å². The van der Waals surface area contributed by atoms with Crippen molar-refractivity contribution in [1.29, 1.82) is 0 Å². The van der Waals surface area contributed by atoms with E-state index in [9.17, 15) is 5.11 Å². The van der Waals surface area contributed by atoms with Gasteiger partial charge in [-0.25, -0.2) is 0 Å². The highest BCUT2D eigenvalue weighted by molar-refractivity contribution is 4.97. The van der Waals surface area contributed by atoms with Gasteiger partial charge in [-0.3, -0.25) is 0 Å². The van der Waals surface area contributed by atoms with Crippen LogP contribution in [0.25, 0.3) is 0 Å². The minimum absolute atomic E-state index is 0.0743. The lowest BCUT2D eigenvalue weighted by Gasteiger charge is -2.48. The third kappa shape index (κ3) is 2.25. The molecule has 4 atom stereocenters. The summed E-state index contributed by atoms with van der Waals surface area (Å²) in [6.45, 7) is 2.92. The smallest absolute Gasteiger partial charge is 0.0841 e. The predicted octanol–water partition coefficient (Wildman–Crippen LogP) is 2.26. The zero-order chi connectivity index (χ0) is 11.9. The Morgan fingerprint density at radius 2 is 2.06 bits per heavy atom. The van der Waals surface area contributed by atoms with Gasteiger partial charge in [-0.15, -0.1) is 0 Å². The van der Waals surface area contributed by atoms with Crippen molar-refractivity contribution in [3.8, 4) is 0 Å². The molecule has 3 aliphatic rings. The van der Waals surface area contributed by atoms with Gasteiger partial charge in [0.2, 0.25) is 0 Å². The highest BCUT2D eigenvalue weighted by atomic mass is 16.5. The summed E-state index contributed by atoms with van der Waals surface area (Å²) in [5.74, 6) is 0.388. The predicted molar refractivity (Wildman–Crippen MR) is 64.8 cm³/mol. The second-order valence-corrected chi connectivity index (χ2v) is 6.19. The Morgan fingerprint density at radius 1 is 1.24 bits per heavy atom. The molecule has 1 aliphatic carbocycles. The Bertz CT molecular complexity index is 275. The van der Waals surface area contributed by atoms with Crippen molar-refractivity contribution >= 4 is 0 Å². The second-order valence-electron chi connectivity index (χ2n) is 6.19. The molecule has 3 nitrogen and oxygen atoms in total. The molecule has 4 unspecified atom stereocenters. The molecule has 1 N–H and O–H groups in total. The van der Waals surface area contributed by atoms with Crippen LogP contribution in [0.15, 0.2) is 0 Å². The molecule has 2 heterocycles. The minimum Gasteiger partial charge on any atom is -0.390 e. The van der Waals surface area contributed by atoms with Gasteiger partial charge < -0.3 is 14.6 Å². The Morgan fingerprint density at radius 3 is 2.65 bits per heavy atom. The molecule has 17 heavy (non-hydrogen) atoms. The van der Waals surface area contributed by atoms with E-state index in [4.69, 9.17) is 9.47 Å². The molecule has 2 saturated heterocycles. The fourth-order valence-electron chi connectivity index (χ4n) is 3.66. The van der Waals surface area contributed by atoms with Gasteiger partial charge >= 0.3 is 0 Å². The number of aliphatic hydroxyl groups is 1. The van der Waals surface area contributed by atoms with Gasteiger partial charge in [0.15, 0.2) is 0 Å². The normalized spacial score (nSPS) is 42.4. The van der Waals surface area contributed by atoms with Crippen molar-refractivity contribution in [3.63, 3.8) is 0 Å². The van der Waals surface area contributed by atoms with E-state index in [0.717, 1.165) is 32.3 Å². The number of ether oxygens (including phenoxy) is 2. The Balaban J connectivity index is 1.59. The molecule has 0 bridgehead atoms. The Kier molecular flexibility index (Phi) is 3.18. The van der Waals surface area contributed by atoms with Gasteiger partial charge in [-0.05, 0) is 57.8 Å². The second kappa shape index (κ2) is 4.52. The average Bonchev–Trinajstić information content (AvgIpc) is 2.73. The molecule has 1 spiro atoms. The van der Waals surface area contributed by atoms with E-state index in [2.05, 4.69) is 6.92 Å². The van der Waals surface area contributed by atoms with Crippen LogP contribution in [0.1, 0.15) is 51.9 Å². The van der Waals surface area contributed by atoms with Crippen LogP contribution >= 0.6 is 0 Å². The molecule has 3 heteroatoms. The molecule has 0 radical (unpaired) electrons. The minimum atomic E-state index is -0.277. The number of rotatable bonds is 2. The maximum Gasteiger partial charge on any atom is 0.0841 e. The van der Waals surface area contributed by atoms with E-state index in [1.807, 2.05) is 0 Å². The van der Waals surface area contributed by atoms with Gasteiger partial charge in [-0.2, -0.15) is 0 Å². The quantitative estimate of drug-likeness (QED) is 0.804. The zero-order valence-electron chi connectivity index (χ0n) is 10.7. The van der Waals surface area contributed by atoms with Gasteiger partial charge in [0.25, 0.3) is 0 Å². The molecule has 0 aromatic rings. The largest absolute Gasteiger partial charge is 0.390 e. The van der Waals surface area contributed by atoms with Crippen LogP contribution in [0.4, 0.5) is 0 Å². The zero-order valence-corrected chi connectivity index (χ0v) is 10.7. The molecule has 3 fully saturated rings. The van der Waals surface area contributed by atoms with Gasteiger partial charge in [0.05, 0.1) is 23.9 Å². The van der Waals surface area contributed by atoms with Crippen molar-refractivity contribution in [3.05, 3.63) is 0 Å². The molecule has 1 saturated carbocycles. The van der Waals surface area contributed by atoms with E-state index < -0.39 is 0 Å². The van der Waals surface area contributed by atoms with E-state index >= 15 is 0 Å². The number of hydrogen-bond acceptors (Lipinski definition) is 3.